The summed E-state index contributed by atoms with van der Waals surface area (Å²) in [4.78, 5) is 28.4. The van der Waals surface area contributed by atoms with Crippen LogP contribution in [0.15, 0.2) is 47.3 Å². The van der Waals surface area contributed by atoms with E-state index in [1.54, 1.807) is 0 Å². The molecule has 198 valence electrons. The third-order valence-electron chi connectivity index (χ3n) is 6.40. The minimum Gasteiger partial charge on any atom is -0.494 e. The van der Waals surface area contributed by atoms with Gasteiger partial charge in [0.2, 0.25) is 5.91 Å². The number of ether oxygens (including phenoxy) is 2. The van der Waals surface area contributed by atoms with E-state index in [1.165, 1.54) is 34.6 Å². The van der Waals surface area contributed by atoms with E-state index in [-0.39, 0.29) is 30.1 Å². The molecule has 1 aliphatic rings. The fourth-order valence-corrected chi connectivity index (χ4v) is 4.40. The van der Waals surface area contributed by atoms with Crippen LogP contribution in [0.25, 0.3) is 17.1 Å². The smallest absolute Gasteiger partial charge is 0.351 e. The molecular formula is C27H34FN5O4. The Kier molecular flexibility index (Phi) is 8.40. The first-order valence-corrected chi connectivity index (χ1v) is 12.5. The average Bonchev–Trinajstić information content (AvgIpc) is 3.19. The molecule has 1 atom stereocenters. The van der Waals surface area contributed by atoms with E-state index < -0.39 is 11.5 Å². The molecule has 0 radical (unpaired) electrons. The van der Waals surface area contributed by atoms with Gasteiger partial charge in [-0.05, 0) is 63.1 Å². The summed E-state index contributed by atoms with van der Waals surface area (Å²) in [7, 11) is 1.37. The van der Waals surface area contributed by atoms with Crippen LogP contribution < -0.4 is 15.7 Å². The van der Waals surface area contributed by atoms with Gasteiger partial charge in [0, 0.05) is 30.7 Å². The number of amides is 1. The zero-order valence-electron chi connectivity index (χ0n) is 21.7. The number of carbonyl (C=O) groups is 1. The van der Waals surface area contributed by atoms with Crippen molar-refractivity contribution < 1.29 is 18.7 Å². The van der Waals surface area contributed by atoms with Gasteiger partial charge in [0.1, 0.15) is 6.54 Å². The highest BCUT2D eigenvalue weighted by atomic mass is 19.1. The quantitative estimate of drug-likeness (QED) is 0.475. The molecule has 10 heteroatoms. The van der Waals surface area contributed by atoms with Gasteiger partial charge in [-0.1, -0.05) is 12.1 Å². The molecular weight excluding hydrogens is 477 g/mol. The molecule has 2 aromatic carbocycles. The van der Waals surface area contributed by atoms with Gasteiger partial charge in [-0.15, -0.1) is 5.10 Å². The molecule has 3 aromatic rings. The van der Waals surface area contributed by atoms with E-state index in [2.05, 4.69) is 22.2 Å². The monoisotopic (exact) mass is 511 g/mol. The molecule has 0 aliphatic carbocycles. The van der Waals surface area contributed by atoms with Crippen LogP contribution in [0.1, 0.15) is 26.3 Å². The summed E-state index contributed by atoms with van der Waals surface area (Å²) in [5.41, 5.74) is 1.72. The summed E-state index contributed by atoms with van der Waals surface area (Å²) in [5.74, 6) is -0.580. The molecule has 1 aliphatic heterocycles. The van der Waals surface area contributed by atoms with Crippen molar-refractivity contribution in [2.75, 3.05) is 33.4 Å². The van der Waals surface area contributed by atoms with E-state index in [0.29, 0.717) is 17.3 Å². The van der Waals surface area contributed by atoms with E-state index in [9.17, 15) is 14.0 Å². The van der Waals surface area contributed by atoms with Crippen LogP contribution >= 0.6 is 0 Å². The highest BCUT2D eigenvalue weighted by Gasteiger charge is 2.21. The van der Waals surface area contributed by atoms with Crippen LogP contribution in [0.4, 0.5) is 4.39 Å². The standard InChI is InChI=1S/C27H34FN5O4/c1-18(2)29-25(34)16-32-26(21-7-10-23(28)24(15-21)36-4)30-33(27(32)35)22-8-5-20(6-9-22)11-12-31-13-14-37-17-19(31)3/h5-10,15,18-19H,11-14,16-17H2,1-4H3,(H,29,34). The summed E-state index contributed by atoms with van der Waals surface area (Å²) in [6.07, 6.45) is 0.879. The molecule has 9 nitrogen and oxygen atoms in total. The number of carbonyl (C=O) groups excluding carboxylic acids is 1. The maximum absolute atomic E-state index is 14.0. The number of hydrogen-bond acceptors (Lipinski definition) is 6. The van der Waals surface area contributed by atoms with Crippen molar-refractivity contribution in [2.24, 2.45) is 0 Å². The zero-order chi connectivity index (χ0) is 26.5. The Morgan fingerprint density at radius 1 is 1.24 bits per heavy atom. The summed E-state index contributed by atoms with van der Waals surface area (Å²) in [6.45, 7) is 9.00. The SMILES string of the molecule is COc1cc(-c2nn(-c3ccc(CCN4CCOCC4C)cc3)c(=O)n2CC(=O)NC(C)C)ccc1F. The Bertz CT molecular complexity index is 1280. The number of nitrogens with one attached hydrogen (secondary N) is 1. The van der Waals surface area contributed by atoms with Gasteiger partial charge in [-0.3, -0.25) is 14.3 Å². The number of hydrogen-bond donors (Lipinski definition) is 1. The van der Waals surface area contributed by atoms with E-state index in [4.69, 9.17) is 9.47 Å². The van der Waals surface area contributed by atoms with E-state index >= 15 is 0 Å². The Hall–Kier alpha value is -3.50. The molecule has 1 unspecified atom stereocenters. The number of rotatable bonds is 9. The number of methoxy groups -OCH3 is 1. The second-order valence-electron chi connectivity index (χ2n) is 9.55. The fraction of sp³-hybridized carbons (Fsp3) is 0.444. The van der Waals surface area contributed by atoms with Gasteiger partial charge in [-0.25, -0.2) is 9.18 Å². The van der Waals surface area contributed by atoms with Crippen molar-refractivity contribution in [3.8, 4) is 22.8 Å². The van der Waals surface area contributed by atoms with Crippen molar-refractivity contribution in [1.82, 2.24) is 24.6 Å². The van der Waals surface area contributed by atoms with Gasteiger partial charge in [0.15, 0.2) is 17.4 Å². The summed E-state index contributed by atoms with van der Waals surface area (Å²) in [5, 5.41) is 7.33. The third kappa shape index (κ3) is 6.26. The molecule has 2 heterocycles. The predicted octanol–water partition coefficient (Wildman–Crippen LogP) is 2.64. The van der Waals surface area contributed by atoms with Crippen molar-refractivity contribution in [1.29, 1.82) is 0 Å². The molecule has 1 fully saturated rings. The minimum atomic E-state index is -0.529. The van der Waals surface area contributed by atoms with Crippen molar-refractivity contribution in [3.05, 3.63) is 64.3 Å². The van der Waals surface area contributed by atoms with Crippen LogP contribution in [-0.2, 0) is 22.5 Å². The fourth-order valence-electron chi connectivity index (χ4n) is 4.40. The first kappa shape index (κ1) is 26.6. The molecule has 1 N–H and O–H groups in total. The number of halogens is 1. The molecule has 37 heavy (non-hydrogen) atoms. The van der Waals surface area contributed by atoms with Gasteiger partial charge in [-0.2, -0.15) is 4.68 Å². The highest BCUT2D eigenvalue weighted by molar-refractivity contribution is 5.76. The second kappa shape index (κ2) is 11.7. The van der Waals surface area contributed by atoms with Crippen LogP contribution in [0.2, 0.25) is 0 Å². The molecule has 0 saturated carbocycles. The Balaban J connectivity index is 1.63. The Morgan fingerprint density at radius 3 is 2.68 bits per heavy atom. The van der Waals surface area contributed by atoms with Gasteiger partial charge in [0.25, 0.3) is 0 Å². The van der Waals surface area contributed by atoms with Crippen LogP contribution in [0.3, 0.4) is 0 Å². The van der Waals surface area contributed by atoms with Crippen LogP contribution in [0, 0.1) is 5.82 Å². The second-order valence-corrected chi connectivity index (χ2v) is 9.55. The molecule has 0 spiro atoms. The lowest BCUT2D eigenvalue weighted by Crippen LogP contribution is -2.44. The predicted molar refractivity (Wildman–Crippen MR) is 139 cm³/mol. The molecule has 1 aromatic heterocycles. The summed E-state index contributed by atoms with van der Waals surface area (Å²) in [6, 6.07) is 12.2. The Labute approximate surface area is 215 Å². The first-order chi connectivity index (χ1) is 17.8. The summed E-state index contributed by atoms with van der Waals surface area (Å²) >= 11 is 0. The molecule has 4 rings (SSSR count). The third-order valence-corrected chi connectivity index (χ3v) is 6.40. The minimum absolute atomic E-state index is 0.0246. The lowest BCUT2D eigenvalue weighted by atomic mass is 10.1. The maximum Gasteiger partial charge on any atom is 0.351 e. The summed E-state index contributed by atoms with van der Waals surface area (Å²) < 4.78 is 27.2. The van der Waals surface area contributed by atoms with Gasteiger partial charge in [0.05, 0.1) is 26.0 Å². The Morgan fingerprint density at radius 2 is 2.00 bits per heavy atom. The van der Waals surface area contributed by atoms with Gasteiger partial charge < -0.3 is 14.8 Å². The molecule has 0 bridgehead atoms. The molecule has 1 saturated heterocycles. The lowest BCUT2D eigenvalue weighted by molar-refractivity contribution is -0.122. The number of benzene rings is 2. The number of nitrogens with zero attached hydrogens (tertiary/aromatic N) is 4. The van der Waals surface area contributed by atoms with Crippen molar-refractivity contribution >= 4 is 5.91 Å². The average molecular weight is 512 g/mol. The van der Waals surface area contributed by atoms with Crippen molar-refractivity contribution in [2.45, 2.75) is 45.8 Å². The van der Waals surface area contributed by atoms with E-state index in [1.807, 2.05) is 38.1 Å². The maximum atomic E-state index is 14.0. The van der Waals surface area contributed by atoms with Crippen LogP contribution in [0.5, 0.6) is 5.75 Å². The lowest BCUT2D eigenvalue weighted by Gasteiger charge is -2.33. The highest BCUT2D eigenvalue weighted by Crippen LogP contribution is 2.25. The normalized spacial score (nSPS) is 16.2. The van der Waals surface area contributed by atoms with Crippen molar-refractivity contribution in [3.63, 3.8) is 0 Å². The first-order valence-electron chi connectivity index (χ1n) is 12.5. The largest absolute Gasteiger partial charge is 0.494 e. The van der Waals surface area contributed by atoms with Gasteiger partial charge >= 0.3 is 5.69 Å². The van der Waals surface area contributed by atoms with Crippen LogP contribution in [-0.4, -0.2) is 70.7 Å². The zero-order valence-corrected chi connectivity index (χ0v) is 21.7. The van der Waals surface area contributed by atoms with E-state index in [0.717, 1.165) is 38.3 Å². The topological polar surface area (TPSA) is 90.6 Å². The number of morpholine rings is 1. The number of aromatic nitrogens is 3. The molecule has 1 amide bonds.